The van der Waals surface area contributed by atoms with Crippen LogP contribution in [0.3, 0.4) is 0 Å². The number of hydrogen-bond acceptors (Lipinski definition) is 5. The van der Waals surface area contributed by atoms with Gasteiger partial charge in [-0.05, 0) is 61.2 Å². The lowest BCUT2D eigenvalue weighted by molar-refractivity contribution is -0.126. The predicted molar refractivity (Wildman–Crippen MR) is 123 cm³/mol. The number of hydrogen-bond donors (Lipinski definition) is 2. The third kappa shape index (κ3) is 5.11. The van der Waals surface area contributed by atoms with E-state index in [1.54, 1.807) is 17.0 Å². The maximum Gasteiger partial charge on any atom is 0.238 e. The second-order valence-electron chi connectivity index (χ2n) is 8.35. The van der Waals surface area contributed by atoms with Crippen molar-refractivity contribution in [1.29, 1.82) is 0 Å². The van der Waals surface area contributed by atoms with Crippen molar-refractivity contribution < 1.29 is 18.0 Å². The van der Waals surface area contributed by atoms with E-state index in [1.807, 2.05) is 24.3 Å². The molecule has 8 nitrogen and oxygen atoms in total. The molecule has 2 heterocycles. The molecule has 0 bridgehead atoms. The Labute approximate surface area is 188 Å². The first-order valence-corrected chi connectivity index (χ1v) is 12.4. The Hall–Kier alpha value is -2.91. The van der Waals surface area contributed by atoms with Gasteiger partial charge in [-0.25, -0.2) is 13.6 Å². The van der Waals surface area contributed by atoms with Crippen molar-refractivity contribution in [2.24, 2.45) is 11.1 Å². The van der Waals surface area contributed by atoms with Gasteiger partial charge in [-0.2, -0.15) is 0 Å². The number of nitrogens with two attached hydrogens (primary N) is 1. The second kappa shape index (κ2) is 9.30. The van der Waals surface area contributed by atoms with E-state index in [0.717, 1.165) is 24.3 Å². The van der Waals surface area contributed by atoms with Crippen LogP contribution in [0.1, 0.15) is 24.8 Å². The van der Waals surface area contributed by atoms with Crippen molar-refractivity contribution >= 4 is 33.2 Å². The molecule has 0 spiro atoms. The monoisotopic (exact) mass is 456 g/mol. The van der Waals surface area contributed by atoms with E-state index < -0.39 is 10.0 Å². The van der Waals surface area contributed by atoms with Crippen molar-refractivity contribution in [3.05, 3.63) is 54.1 Å². The molecule has 1 atom stereocenters. The summed E-state index contributed by atoms with van der Waals surface area (Å²) in [6.07, 6.45) is 3.18. The summed E-state index contributed by atoms with van der Waals surface area (Å²) in [6, 6.07) is 14.3. The molecule has 170 valence electrons. The SMILES string of the molecule is NS(=O)(=O)c1ccc(CCNC(=O)C2CC(=O)N(c3ccc(N4CCCC4)cc3)C2)cc1. The van der Waals surface area contributed by atoms with Crippen LogP contribution in [-0.4, -0.2) is 46.4 Å². The molecular weight excluding hydrogens is 428 g/mol. The number of nitrogens with one attached hydrogen (secondary N) is 1. The Kier molecular flexibility index (Phi) is 6.48. The number of primary sulfonamides is 1. The average Bonchev–Trinajstić information content (AvgIpc) is 3.44. The number of sulfonamides is 1. The molecule has 2 fully saturated rings. The minimum Gasteiger partial charge on any atom is -0.372 e. The highest BCUT2D eigenvalue weighted by atomic mass is 32.2. The van der Waals surface area contributed by atoms with Crippen LogP contribution in [0.5, 0.6) is 0 Å². The number of nitrogens with zero attached hydrogens (tertiary/aromatic N) is 2. The Morgan fingerprint density at radius 1 is 1.00 bits per heavy atom. The Morgan fingerprint density at radius 2 is 1.62 bits per heavy atom. The zero-order valence-electron chi connectivity index (χ0n) is 17.9. The molecule has 1 unspecified atom stereocenters. The van der Waals surface area contributed by atoms with Gasteiger partial charge in [0.15, 0.2) is 0 Å². The van der Waals surface area contributed by atoms with Gasteiger partial charge in [0.05, 0.1) is 10.8 Å². The fourth-order valence-electron chi connectivity index (χ4n) is 4.27. The highest BCUT2D eigenvalue weighted by Crippen LogP contribution is 2.28. The lowest BCUT2D eigenvalue weighted by atomic mass is 10.1. The highest BCUT2D eigenvalue weighted by Gasteiger charge is 2.35. The molecule has 2 aromatic carbocycles. The van der Waals surface area contributed by atoms with E-state index in [4.69, 9.17) is 5.14 Å². The molecule has 2 amide bonds. The molecule has 4 rings (SSSR count). The standard InChI is InChI=1S/C23H28N4O4S/c24-32(30,31)21-9-3-17(4-10-21)11-12-25-23(29)18-15-22(28)27(16-18)20-7-5-19(6-8-20)26-13-1-2-14-26/h3-10,18H,1-2,11-16H2,(H,25,29)(H2,24,30,31). The third-order valence-corrected chi connectivity index (χ3v) is 7.02. The average molecular weight is 457 g/mol. The summed E-state index contributed by atoms with van der Waals surface area (Å²) in [5.41, 5.74) is 2.88. The zero-order valence-corrected chi connectivity index (χ0v) is 18.7. The van der Waals surface area contributed by atoms with Gasteiger partial charge in [-0.1, -0.05) is 12.1 Å². The van der Waals surface area contributed by atoms with E-state index in [9.17, 15) is 18.0 Å². The minimum absolute atomic E-state index is 0.0438. The first-order chi connectivity index (χ1) is 15.3. The van der Waals surface area contributed by atoms with Crippen molar-refractivity contribution in [2.45, 2.75) is 30.6 Å². The van der Waals surface area contributed by atoms with Crippen LogP contribution in [0.4, 0.5) is 11.4 Å². The van der Waals surface area contributed by atoms with Gasteiger partial charge in [0.1, 0.15) is 0 Å². The minimum atomic E-state index is -3.71. The van der Waals surface area contributed by atoms with Gasteiger partial charge in [0.2, 0.25) is 21.8 Å². The van der Waals surface area contributed by atoms with Gasteiger partial charge >= 0.3 is 0 Å². The number of benzene rings is 2. The topological polar surface area (TPSA) is 113 Å². The largest absolute Gasteiger partial charge is 0.372 e. The molecule has 0 saturated carbocycles. The van der Waals surface area contributed by atoms with Crippen LogP contribution in [0.2, 0.25) is 0 Å². The molecule has 3 N–H and O–H groups in total. The Morgan fingerprint density at radius 3 is 2.25 bits per heavy atom. The molecule has 2 saturated heterocycles. The molecule has 32 heavy (non-hydrogen) atoms. The van der Waals surface area contributed by atoms with Crippen molar-refractivity contribution in [3.63, 3.8) is 0 Å². The van der Waals surface area contributed by atoms with Gasteiger partial charge in [-0.15, -0.1) is 0 Å². The quantitative estimate of drug-likeness (QED) is 0.658. The molecule has 0 aromatic heterocycles. The van der Waals surface area contributed by atoms with Crippen LogP contribution in [0.25, 0.3) is 0 Å². The maximum absolute atomic E-state index is 12.6. The summed E-state index contributed by atoms with van der Waals surface area (Å²) in [7, 11) is -3.71. The Balaban J connectivity index is 1.28. The fraction of sp³-hybridized carbons (Fsp3) is 0.391. The van der Waals surface area contributed by atoms with E-state index in [-0.39, 0.29) is 29.0 Å². The number of amides is 2. The predicted octanol–water partition coefficient (Wildman–Crippen LogP) is 1.65. The highest BCUT2D eigenvalue weighted by molar-refractivity contribution is 7.89. The maximum atomic E-state index is 12.6. The summed E-state index contributed by atoms with van der Waals surface area (Å²) < 4.78 is 22.6. The van der Waals surface area contributed by atoms with Crippen LogP contribution >= 0.6 is 0 Å². The van der Waals surface area contributed by atoms with Gasteiger partial charge in [0, 0.05) is 44.0 Å². The van der Waals surface area contributed by atoms with Crippen molar-refractivity contribution in [2.75, 3.05) is 36.0 Å². The molecule has 0 aliphatic carbocycles. The molecule has 2 aliphatic rings. The number of rotatable bonds is 7. The number of carbonyl (C=O) groups excluding carboxylic acids is 2. The van der Waals surface area contributed by atoms with E-state index in [2.05, 4.69) is 10.2 Å². The molecule has 9 heteroatoms. The Bertz CT molecular complexity index is 1080. The summed E-state index contributed by atoms with van der Waals surface area (Å²) in [6.45, 7) is 2.92. The molecule has 2 aliphatic heterocycles. The van der Waals surface area contributed by atoms with Crippen LogP contribution in [0, 0.1) is 5.92 Å². The van der Waals surface area contributed by atoms with E-state index in [1.165, 1.54) is 30.7 Å². The van der Waals surface area contributed by atoms with Crippen LogP contribution < -0.4 is 20.3 Å². The molecular formula is C23H28N4O4S. The lowest BCUT2D eigenvalue weighted by Gasteiger charge is -2.20. The molecule has 0 radical (unpaired) electrons. The van der Waals surface area contributed by atoms with Gasteiger partial charge < -0.3 is 15.1 Å². The summed E-state index contributed by atoms with van der Waals surface area (Å²) >= 11 is 0. The zero-order chi connectivity index (χ0) is 22.7. The second-order valence-corrected chi connectivity index (χ2v) is 9.91. The number of anilines is 2. The van der Waals surface area contributed by atoms with Crippen molar-refractivity contribution in [1.82, 2.24) is 5.32 Å². The van der Waals surface area contributed by atoms with Crippen LogP contribution in [-0.2, 0) is 26.0 Å². The smallest absolute Gasteiger partial charge is 0.238 e. The van der Waals surface area contributed by atoms with Gasteiger partial charge in [-0.3, -0.25) is 9.59 Å². The fourth-order valence-corrected chi connectivity index (χ4v) is 4.79. The summed E-state index contributed by atoms with van der Waals surface area (Å²) in [4.78, 5) is 29.2. The summed E-state index contributed by atoms with van der Waals surface area (Å²) in [5.74, 6) is -0.570. The third-order valence-electron chi connectivity index (χ3n) is 6.09. The summed E-state index contributed by atoms with van der Waals surface area (Å²) in [5, 5.41) is 7.99. The first-order valence-electron chi connectivity index (χ1n) is 10.9. The first kappa shape index (κ1) is 22.3. The normalized spacial score (nSPS) is 18.9. The van der Waals surface area contributed by atoms with Crippen molar-refractivity contribution in [3.8, 4) is 0 Å². The van der Waals surface area contributed by atoms with E-state index >= 15 is 0 Å². The van der Waals surface area contributed by atoms with Crippen LogP contribution in [0.15, 0.2) is 53.4 Å². The molecule has 2 aromatic rings. The van der Waals surface area contributed by atoms with Gasteiger partial charge in [0.25, 0.3) is 0 Å². The lowest BCUT2D eigenvalue weighted by Crippen LogP contribution is -2.34. The number of carbonyl (C=O) groups is 2. The van der Waals surface area contributed by atoms with E-state index in [0.29, 0.717) is 19.5 Å².